The summed E-state index contributed by atoms with van der Waals surface area (Å²) in [6, 6.07) is 0. The van der Waals surface area contributed by atoms with Gasteiger partial charge in [0, 0.05) is 24.0 Å². The van der Waals surface area contributed by atoms with E-state index in [1.165, 1.54) is 12.8 Å². The molecule has 0 saturated carbocycles. The van der Waals surface area contributed by atoms with E-state index in [4.69, 9.17) is 15.6 Å². The van der Waals surface area contributed by atoms with Crippen LogP contribution in [0, 0.1) is 0 Å². The molecule has 1 radical (unpaired) electrons. The molecule has 3 N–H and O–H groups in total. The van der Waals surface area contributed by atoms with Gasteiger partial charge in [-0.15, -0.1) is 0 Å². The minimum absolute atomic E-state index is 0. The Balaban J connectivity index is -0.0000000910. The molecule has 0 fully saturated rings. The average molecular weight is 197 g/mol. The Labute approximate surface area is 72.5 Å². The Morgan fingerprint density at radius 3 is 1.90 bits per heavy atom. The molecule has 0 amide bonds. The molecule has 0 atom stereocenters. The molecular weight excluding hydrogens is 182 g/mol. The Hall–Kier alpha value is -0.0505. The van der Waals surface area contributed by atoms with Crippen LogP contribution in [0.4, 0.5) is 0 Å². The molecule has 0 spiro atoms. The molecule has 0 unspecified atom stereocenters. The van der Waals surface area contributed by atoms with Crippen molar-refractivity contribution < 1.29 is 27.0 Å². The monoisotopic (exact) mass is 196 g/mol. The van der Waals surface area contributed by atoms with E-state index < -0.39 is 5.97 Å². The minimum atomic E-state index is -0.833. The van der Waals surface area contributed by atoms with Crippen molar-refractivity contribution in [1.82, 2.24) is 0 Å². The summed E-state index contributed by atoms with van der Waals surface area (Å²) in [5, 5.41) is 7.42. The van der Waals surface area contributed by atoms with E-state index in [-0.39, 0.29) is 17.1 Å². The Kier molecular flexibility index (Phi) is 26.4. The number of carboxylic acids is 1. The molecule has 0 aromatic heterocycles. The SMILES string of the molecule is CC(=O)O.CCCCN.[Cu]. The largest absolute Gasteiger partial charge is 0.481 e. The first-order valence-electron chi connectivity index (χ1n) is 3.04. The van der Waals surface area contributed by atoms with Gasteiger partial charge in [0.25, 0.3) is 5.97 Å². The molecular formula is C6H15CuNO2. The van der Waals surface area contributed by atoms with E-state index in [0.717, 1.165) is 13.5 Å². The second-order valence-corrected chi connectivity index (χ2v) is 1.66. The first-order chi connectivity index (χ1) is 4.15. The summed E-state index contributed by atoms with van der Waals surface area (Å²) in [5.41, 5.74) is 5.14. The molecule has 0 aromatic carbocycles. The molecule has 10 heavy (non-hydrogen) atoms. The standard InChI is InChI=1S/C4H11N.C2H4O2.Cu/c1-2-3-4-5;1-2(3)4;/h2-5H2,1H3;1H3,(H,3,4);. The molecule has 4 heteroatoms. The first-order valence-corrected chi connectivity index (χ1v) is 3.04. The van der Waals surface area contributed by atoms with Crippen LogP contribution in [0.5, 0.6) is 0 Å². The Bertz CT molecular complexity index is 62.8. The van der Waals surface area contributed by atoms with Crippen molar-refractivity contribution in [3.05, 3.63) is 0 Å². The molecule has 0 aliphatic carbocycles. The van der Waals surface area contributed by atoms with Crippen LogP contribution in [-0.2, 0) is 21.9 Å². The van der Waals surface area contributed by atoms with Crippen LogP contribution in [0.2, 0.25) is 0 Å². The summed E-state index contributed by atoms with van der Waals surface area (Å²) in [6.07, 6.45) is 2.39. The maximum atomic E-state index is 9.00. The van der Waals surface area contributed by atoms with Gasteiger partial charge in [0.05, 0.1) is 0 Å². The van der Waals surface area contributed by atoms with Gasteiger partial charge in [0.1, 0.15) is 0 Å². The van der Waals surface area contributed by atoms with Crippen molar-refractivity contribution in [1.29, 1.82) is 0 Å². The van der Waals surface area contributed by atoms with Crippen LogP contribution >= 0.6 is 0 Å². The maximum absolute atomic E-state index is 9.00. The Morgan fingerprint density at radius 2 is 1.90 bits per heavy atom. The molecule has 3 nitrogen and oxygen atoms in total. The van der Waals surface area contributed by atoms with Gasteiger partial charge in [-0.2, -0.15) is 0 Å². The van der Waals surface area contributed by atoms with E-state index in [9.17, 15) is 0 Å². The molecule has 0 aromatic rings. The first kappa shape index (κ1) is 16.5. The Morgan fingerprint density at radius 1 is 1.60 bits per heavy atom. The van der Waals surface area contributed by atoms with Crippen LogP contribution < -0.4 is 5.73 Å². The molecule has 0 rings (SSSR count). The van der Waals surface area contributed by atoms with E-state index >= 15 is 0 Å². The number of hydrogen-bond acceptors (Lipinski definition) is 2. The number of nitrogens with two attached hydrogens (primary N) is 1. The maximum Gasteiger partial charge on any atom is 0.300 e. The summed E-state index contributed by atoms with van der Waals surface area (Å²) < 4.78 is 0. The number of carbonyl (C=O) groups is 1. The van der Waals surface area contributed by atoms with Gasteiger partial charge in [0.15, 0.2) is 0 Å². The third-order valence-electron chi connectivity index (χ3n) is 0.558. The van der Waals surface area contributed by atoms with Crippen LogP contribution in [0.15, 0.2) is 0 Å². The van der Waals surface area contributed by atoms with Gasteiger partial charge < -0.3 is 10.8 Å². The average Bonchev–Trinajstić information content (AvgIpc) is 1.66. The summed E-state index contributed by atoms with van der Waals surface area (Å²) in [7, 11) is 0. The second-order valence-electron chi connectivity index (χ2n) is 1.66. The van der Waals surface area contributed by atoms with E-state index in [1.54, 1.807) is 0 Å². The fourth-order valence-electron chi connectivity index (χ4n) is 0.204. The molecule has 0 aliphatic heterocycles. The second kappa shape index (κ2) is 16.0. The van der Waals surface area contributed by atoms with Gasteiger partial charge in [-0.1, -0.05) is 13.3 Å². The molecule has 0 heterocycles. The van der Waals surface area contributed by atoms with Crippen molar-refractivity contribution in [3.63, 3.8) is 0 Å². The van der Waals surface area contributed by atoms with Gasteiger partial charge in [-0.25, -0.2) is 0 Å². The topological polar surface area (TPSA) is 63.3 Å². The summed E-state index contributed by atoms with van der Waals surface area (Å²) in [5.74, 6) is -0.833. The van der Waals surface area contributed by atoms with E-state index in [2.05, 4.69) is 6.92 Å². The van der Waals surface area contributed by atoms with Crippen LogP contribution in [0.3, 0.4) is 0 Å². The number of carboxylic acid groups (broad SMARTS) is 1. The third kappa shape index (κ3) is 101. The molecule has 67 valence electrons. The van der Waals surface area contributed by atoms with Crippen molar-refractivity contribution >= 4 is 5.97 Å². The molecule has 0 bridgehead atoms. The fourth-order valence-corrected chi connectivity index (χ4v) is 0.204. The number of rotatable bonds is 2. The number of unbranched alkanes of at least 4 members (excludes halogenated alkanes) is 1. The van der Waals surface area contributed by atoms with E-state index in [0.29, 0.717) is 0 Å². The molecule has 0 saturated heterocycles. The van der Waals surface area contributed by atoms with Gasteiger partial charge >= 0.3 is 0 Å². The quantitative estimate of drug-likeness (QED) is 0.644. The van der Waals surface area contributed by atoms with Gasteiger partial charge in [-0.05, 0) is 13.0 Å². The normalized spacial score (nSPS) is 6.70. The van der Waals surface area contributed by atoms with Gasteiger partial charge in [-0.3, -0.25) is 4.79 Å². The van der Waals surface area contributed by atoms with Crippen LogP contribution in [-0.4, -0.2) is 17.6 Å². The smallest absolute Gasteiger partial charge is 0.300 e. The number of hydrogen-bond donors (Lipinski definition) is 2. The number of aliphatic carboxylic acids is 1. The minimum Gasteiger partial charge on any atom is -0.481 e. The third-order valence-corrected chi connectivity index (χ3v) is 0.558. The zero-order valence-corrected chi connectivity index (χ0v) is 7.30. The summed E-state index contributed by atoms with van der Waals surface area (Å²) in [4.78, 5) is 9.00. The van der Waals surface area contributed by atoms with E-state index in [1.807, 2.05) is 0 Å². The fraction of sp³-hybridized carbons (Fsp3) is 0.833. The van der Waals surface area contributed by atoms with Crippen molar-refractivity contribution in [2.75, 3.05) is 6.54 Å². The van der Waals surface area contributed by atoms with Gasteiger partial charge in [0.2, 0.25) is 0 Å². The van der Waals surface area contributed by atoms with Crippen molar-refractivity contribution in [2.45, 2.75) is 26.7 Å². The molecule has 0 aliphatic rings. The van der Waals surface area contributed by atoms with Crippen molar-refractivity contribution in [2.24, 2.45) is 5.73 Å². The summed E-state index contributed by atoms with van der Waals surface area (Å²) >= 11 is 0. The zero-order valence-electron chi connectivity index (χ0n) is 6.36. The zero-order chi connectivity index (χ0) is 7.70. The predicted molar refractivity (Wildman–Crippen MR) is 37.3 cm³/mol. The van der Waals surface area contributed by atoms with Crippen LogP contribution in [0.25, 0.3) is 0 Å². The summed E-state index contributed by atoms with van der Waals surface area (Å²) in [6.45, 7) is 4.06. The van der Waals surface area contributed by atoms with Crippen molar-refractivity contribution in [3.8, 4) is 0 Å². The predicted octanol–water partition coefficient (Wildman–Crippen LogP) is 0.834. The van der Waals surface area contributed by atoms with Crippen LogP contribution in [0.1, 0.15) is 26.7 Å².